The Balaban J connectivity index is 5.50. The largest absolute Gasteiger partial charge is 0.616 e. The van der Waals surface area contributed by atoms with E-state index in [9.17, 15) is 49.2 Å². The van der Waals surface area contributed by atoms with Gasteiger partial charge in [-0.05, 0) is 0 Å². The lowest BCUT2D eigenvalue weighted by Gasteiger charge is -2.20. The molecule has 0 rings (SSSR count). The number of nitrogens with zero attached hydrogens (tertiary/aromatic N) is 4. The van der Waals surface area contributed by atoms with Gasteiger partial charge in [-0.2, -0.15) is 0 Å². The van der Waals surface area contributed by atoms with Gasteiger partial charge >= 0.3 is 11.8 Å². The number of hydrogen-bond acceptors (Lipinski definition) is 8. The van der Waals surface area contributed by atoms with Crippen molar-refractivity contribution < 1.29 is 28.5 Å². The summed E-state index contributed by atoms with van der Waals surface area (Å²) in [5.41, 5.74) is 0. The van der Waals surface area contributed by atoms with Crippen LogP contribution < -0.4 is 0 Å². The maximum absolute atomic E-state index is 13.5. The highest BCUT2D eigenvalue weighted by Crippen LogP contribution is 2.41. The van der Waals surface area contributed by atoms with Crippen molar-refractivity contribution in [1.82, 2.24) is 0 Å². The summed E-state index contributed by atoms with van der Waals surface area (Å²) in [6.45, 7) is 0. The number of hydrogen-bond donors (Lipinski definition) is 0. The van der Waals surface area contributed by atoms with Crippen LogP contribution in [0.25, 0.3) is 0 Å². The van der Waals surface area contributed by atoms with E-state index in [2.05, 4.69) is 0 Å². The van der Waals surface area contributed by atoms with Crippen molar-refractivity contribution in [3.05, 3.63) is 40.5 Å². The van der Waals surface area contributed by atoms with E-state index in [-0.39, 0.29) is 0 Å². The average molecular weight is 357 g/mol. The summed E-state index contributed by atoms with van der Waals surface area (Å²) in [4.78, 5) is 32.9. The molecular formula is C5H4Cl2F2N4O8. The molecule has 0 saturated heterocycles. The van der Waals surface area contributed by atoms with Crippen LogP contribution in [0.1, 0.15) is 12.8 Å². The minimum Gasteiger partial charge on any atom is -0.256 e. The summed E-state index contributed by atoms with van der Waals surface area (Å²) in [6.07, 6.45) is -4.12. The Hall–Kier alpha value is -1.96. The molecule has 0 fully saturated rings. The Morgan fingerprint density at radius 2 is 0.905 bits per heavy atom. The van der Waals surface area contributed by atoms with Crippen LogP contribution in [0.15, 0.2) is 0 Å². The van der Waals surface area contributed by atoms with Gasteiger partial charge in [0.25, 0.3) is 0 Å². The first-order valence-electron chi connectivity index (χ1n) is 4.53. The predicted molar refractivity (Wildman–Crippen MR) is 59.3 cm³/mol. The molecule has 0 saturated carbocycles. The first-order chi connectivity index (χ1) is 9.19. The third kappa shape index (κ3) is 4.01. The Morgan fingerprint density at radius 1 is 0.714 bits per heavy atom. The van der Waals surface area contributed by atoms with Gasteiger partial charge in [-0.15, -0.1) is 23.2 Å². The Kier molecular flexibility index (Phi) is 5.26. The van der Waals surface area contributed by atoms with Crippen molar-refractivity contribution in [3.63, 3.8) is 0 Å². The molecule has 0 aromatic rings. The average Bonchev–Trinajstić information content (AvgIpc) is 2.26. The van der Waals surface area contributed by atoms with Crippen LogP contribution in [-0.4, -0.2) is 35.9 Å². The predicted octanol–water partition coefficient (Wildman–Crippen LogP) is 1.29. The van der Waals surface area contributed by atoms with Crippen LogP contribution in [0.4, 0.5) is 8.78 Å². The number of nitro groups is 4. The fraction of sp³-hybridized carbons (Fsp3) is 1.00. The smallest absolute Gasteiger partial charge is 0.256 e. The highest BCUT2D eigenvalue weighted by atomic mass is 35.5. The zero-order valence-electron chi connectivity index (χ0n) is 9.48. The van der Waals surface area contributed by atoms with E-state index in [4.69, 9.17) is 23.2 Å². The van der Waals surface area contributed by atoms with Crippen LogP contribution in [0.3, 0.4) is 0 Å². The van der Waals surface area contributed by atoms with Gasteiger partial charge in [-0.25, -0.2) is 0 Å². The molecule has 0 bridgehead atoms. The van der Waals surface area contributed by atoms with Gasteiger partial charge in [0.1, 0.15) is 19.7 Å². The van der Waals surface area contributed by atoms with Crippen molar-refractivity contribution in [3.8, 4) is 0 Å². The summed E-state index contributed by atoms with van der Waals surface area (Å²) in [7, 11) is 0. The van der Waals surface area contributed by atoms with E-state index in [1.165, 1.54) is 0 Å². The van der Waals surface area contributed by atoms with Crippen molar-refractivity contribution in [2.45, 2.75) is 29.0 Å². The molecule has 0 unspecified atom stereocenters. The highest BCUT2D eigenvalue weighted by molar-refractivity contribution is 6.48. The Morgan fingerprint density at radius 3 is 1.05 bits per heavy atom. The van der Waals surface area contributed by atoms with Gasteiger partial charge in [0.05, 0.1) is 0 Å². The zero-order chi connectivity index (χ0) is 17.2. The molecule has 120 valence electrons. The molecule has 0 aliphatic rings. The van der Waals surface area contributed by atoms with Gasteiger partial charge in [0.2, 0.25) is 0 Å². The fourth-order valence-electron chi connectivity index (χ4n) is 1.11. The lowest BCUT2D eigenvalue weighted by molar-refractivity contribution is -0.838. The van der Waals surface area contributed by atoms with E-state index in [0.717, 1.165) is 0 Å². The Bertz CT molecular complexity index is 431. The topological polar surface area (TPSA) is 173 Å². The van der Waals surface area contributed by atoms with Crippen molar-refractivity contribution >= 4 is 23.2 Å². The normalized spacial score (nSPS) is 12.8. The number of halogens is 4. The number of alkyl halides is 4. The summed E-state index contributed by atoms with van der Waals surface area (Å²) < 4.78 is 23.8. The van der Waals surface area contributed by atoms with Crippen molar-refractivity contribution in [2.75, 3.05) is 0 Å². The Labute approximate surface area is 122 Å². The van der Waals surface area contributed by atoms with Crippen LogP contribution in [-0.2, 0) is 0 Å². The number of rotatable bonds is 8. The monoisotopic (exact) mass is 356 g/mol. The molecular weight excluding hydrogens is 353 g/mol. The lowest BCUT2D eigenvalue weighted by Crippen LogP contribution is -2.50. The maximum Gasteiger partial charge on any atom is 0.616 e. The second-order valence-corrected chi connectivity index (χ2v) is 5.32. The van der Waals surface area contributed by atoms with Gasteiger partial charge in [-0.1, -0.05) is 8.78 Å². The van der Waals surface area contributed by atoms with Crippen LogP contribution in [0, 0.1) is 40.5 Å². The lowest BCUT2D eigenvalue weighted by atomic mass is 10.1. The van der Waals surface area contributed by atoms with Gasteiger partial charge in [-0.3, -0.25) is 40.5 Å². The first-order valence-corrected chi connectivity index (χ1v) is 5.28. The van der Waals surface area contributed by atoms with Crippen molar-refractivity contribution in [2.24, 2.45) is 0 Å². The van der Waals surface area contributed by atoms with Crippen LogP contribution in [0.2, 0.25) is 0 Å². The molecule has 0 aromatic heterocycles. The first kappa shape index (κ1) is 19.0. The van der Waals surface area contributed by atoms with Gasteiger partial charge in [0.15, 0.2) is 17.2 Å². The second kappa shape index (κ2) is 5.80. The summed E-state index contributed by atoms with van der Waals surface area (Å²) in [5.74, 6) is -9.00. The van der Waals surface area contributed by atoms with Crippen LogP contribution in [0.5, 0.6) is 0 Å². The quantitative estimate of drug-likeness (QED) is 0.205. The molecule has 0 amide bonds. The summed E-state index contributed by atoms with van der Waals surface area (Å²) >= 11 is 10.3. The fourth-order valence-corrected chi connectivity index (χ4v) is 1.79. The maximum atomic E-state index is 13.5. The van der Waals surface area contributed by atoms with Gasteiger partial charge < -0.3 is 0 Å². The minimum absolute atomic E-state index is 2.06. The third-order valence-electron chi connectivity index (χ3n) is 2.09. The summed E-state index contributed by atoms with van der Waals surface area (Å²) in [5, 5.41) is 41.1. The molecule has 0 atom stereocenters. The molecule has 0 aliphatic heterocycles. The molecule has 0 N–H and O–H groups in total. The minimum atomic E-state index is -4.50. The standard InChI is InChI=1S/C5H4Cl2F2N4O8/c6-3(7,1-4(8,10(14)15)11(16)17)2-5(9,12(18)19)13(20)21/h1-2H2. The SMILES string of the molecule is O=[N+]([O-])C(F)(CC(Cl)(Cl)CC(F)([N+](=O)[O-])[N+](=O)[O-])[N+](=O)[O-]. The van der Waals surface area contributed by atoms with Gasteiger partial charge in [0, 0.05) is 0 Å². The van der Waals surface area contributed by atoms with E-state index >= 15 is 0 Å². The zero-order valence-corrected chi connectivity index (χ0v) is 11.0. The molecule has 12 nitrogen and oxygen atoms in total. The van der Waals surface area contributed by atoms with E-state index < -0.39 is 48.7 Å². The molecule has 21 heavy (non-hydrogen) atoms. The second-order valence-electron chi connectivity index (χ2n) is 3.68. The summed E-state index contributed by atoms with van der Waals surface area (Å²) in [6, 6.07) is 0. The van der Waals surface area contributed by atoms with Crippen LogP contribution >= 0.6 is 23.2 Å². The molecule has 0 heterocycles. The van der Waals surface area contributed by atoms with E-state index in [1.54, 1.807) is 0 Å². The molecule has 0 radical (unpaired) electrons. The highest BCUT2D eigenvalue weighted by Gasteiger charge is 2.69. The van der Waals surface area contributed by atoms with E-state index in [1.807, 2.05) is 0 Å². The third-order valence-corrected chi connectivity index (χ3v) is 2.62. The molecule has 0 aromatic carbocycles. The molecule has 16 heteroatoms. The molecule has 0 spiro atoms. The van der Waals surface area contributed by atoms with E-state index in [0.29, 0.717) is 0 Å². The van der Waals surface area contributed by atoms with Crippen molar-refractivity contribution in [1.29, 1.82) is 0 Å². The molecule has 0 aliphatic carbocycles.